The third-order valence-electron chi connectivity index (χ3n) is 3.38. The highest BCUT2D eigenvalue weighted by Gasteiger charge is 2.29. The lowest BCUT2D eigenvalue weighted by Crippen LogP contribution is -2.24. The van der Waals surface area contributed by atoms with E-state index in [1.165, 1.54) is 24.8 Å². The summed E-state index contributed by atoms with van der Waals surface area (Å²) in [7, 11) is 1.72. The number of hydrogen-bond donors (Lipinski definition) is 1. The number of rotatable bonds is 4. The first-order chi connectivity index (χ1) is 7.33. The fraction of sp³-hybridized carbons (Fsp3) is 0.538. The maximum Gasteiger partial charge on any atom is 0.119 e. The fourth-order valence-corrected chi connectivity index (χ4v) is 2.37. The van der Waals surface area contributed by atoms with Gasteiger partial charge in [-0.2, -0.15) is 0 Å². The SMILES string of the molecule is COc1cccc(C2CC(CCN)C2)c1. The lowest BCUT2D eigenvalue weighted by atomic mass is 9.70. The molecule has 0 saturated heterocycles. The molecule has 1 aliphatic carbocycles. The molecule has 2 rings (SSSR count). The van der Waals surface area contributed by atoms with Crippen molar-refractivity contribution in [2.45, 2.75) is 25.2 Å². The number of hydrogen-bond acceptors (Lipinski definition) is 2. The smallest absolute Gasteiger partial charge is 0.119 e. The Kier molecular flexibility index (Phi) is 3.27. The van der Waals surface area contributed by atoms with Crippen molar-refractivity contribution in [2.24, 2.45) is 11.7 Å². The summed E-state index contributed by atoms with van der Waals surface area (Å²) in [5.41, 5.74) is 6.97. The Bertz CT molecular complexity index is 318. The van der Waals surface area contributed by atoms with Gasteiger partial charge in [0.05, 0.1) is 7.11 Å². The van der Waals surface area contributed by atoms with Crippen molar-refractivity contribution < 1.29 is 4.74 Å². The summed E-state index contributed by atoms with van der Waals surface area (Å²) >= 11 is 0. The Morgan fingerprint density at radius 2 is 2.20 bits per heavy atom. The van der Waals surface area contributed by atoms with Crippen LogP contribution in [0.4, 0.5) is 0 Å². The number of methoxy groups -OCH3 is 1. The van der Waals surface area contributed by atoms with Gasteiger partial charge in [-0.3, -0.25) is 0 Å². The lowest BCUT2D eigenvalue weighted by molar-refractivity contribution is 0.251. The fourth-order valence-electron chi connectivity index (χ4n) is 2.37. The van der Waals surface area contributed by atoms with Gasteiger partial charge in [0.15, 0.2) is 0 Å². The van der Waals surface area contributed by atoms with Crippen molar-refractivity contribution in [1.29, 1.82) is 0 Å². The molecule has 0 radical (unpaired) electrons. The van der Waals surface area contributed by atoms with E-state index in [9.17, 15) is 0 Å². The minimum atomic E-state index is 0.733. The van der Waals surface area contributed by atoms with Gasteiger partial charge < -0.3 is 10.5 Å². The van der Waals surface area contributed by atoms with E-state index in [1.54, 1.807) is 7.11 Å². The zero-order valence-electron chi connectivity index (χ0n) is 9.28. The monoisotopic (exact) mass is 205 g/mol. The van der Waals surface area contributed by atoms with Crippen LogP contribution in [0.1, 0.15) is 30.7 Å². The molecule has 1 saturated carbocycles. The second kappa shape index (κ2) is 4.67. The Balaban J connectivity index is 1.94. The normalized spacial score (nSPS) is 24.7. The van der Waals surface area contributed by atoms with Crippen molar-refractivity contribution in [3.05, 3.63) is 29.8 Å². The molecular weight excluding hydrogens is 186 g/mol. The van der Waals surface area contributed by atoms with Crippen molar-refractivity contribution in [1.82, 2.24) is 0 Å². The maximum atomic E-state index is 5.55. The molecule has 2 N–H and O–H groups in total. The highest BCUT2D eigenvalue weighted by atomic mass is 16.5. The van der Waals surface area contributed by atoms with Gasteiger partial charge in [-0.25, -0.2) is 0 Å². The van der Waals surface area contributed by atoms with Gasteiger partial charge in [0, 0.05) is 0 Å². The molecule has 82 valence electrons. The minimum Gasteiger partial charge on any atom is -0.497 e. The van der Waals surface area contributed by atoms with E-state index in [0.29, 0.717) is 0 Å². The predicted molar refractivity (Wildman–Crippen MR) is 62.1 cm³/mol. The van der Waals surface area contributed by atoms with Crippen molar-refractivity contribution in [2.75, 3.05) is 13.7 Å². The summed E-state index contributed by atoms with van der Waals surface area (Å²) in [5, 5.41) is 0. The first-order valence-corrected chi connectivity index (χ1v) is 5.67. The van der Waals surface area contributed by atoms with E-state index in [2.05, 4.69) is 18.2 Å². The van der Waals surface area contributed by atoms with Gasteiger partial charge in [-0.1, -0.05) is 12.1 Å². The number of ether oxygens (including phenoxy) is 1. The Labute approximate surface area is 91.4 Å². The van der Waals surface area contributed by atoms with Crippen LogP contribution in [0.3, 0.4) is 0 Å². The van der Waals surface area contributed by atoms with E-state index < -0.39 is 0 Å². The molecule has 0 unspecified atom stereocenters. The average molecular weight is 205 g/mol. The highest BCUT2D eigenvalue weighted by Crippen LogP contribution is 2.43. The summed E-state index contributed by atoms with van der Waals surface area (Å²) in [6, 6.07) is 8.43. The van der Waals surface area contributed by atoms with Gasteiger partial charge in [0.1, 0.15) is 5.75 Å². The molecule has 0 bridgehead atoms. The summed E-state index contributed by atoms with van der Waals surface area (Å²) in [6.45, 7) is 0.829. The van der Waals surface area contributed by atoms with E-state index >= 15 is 0 Å². The average Bonchev–Trinajstić information content (AvgIpc) is 2.23. The molecule has 15 heavy (non-hydrogen) atoms. The van der Waals surface area contributed by atoms with Crippen molar-refractivity contribution >= 4 is 0 Å². The quantitative estimate of drug-likeness (QED) is 0.819. The van der Waals surface area contributed by atoms with Crippen LogP contribution in [-0.4, -0.2) is 13.7 Å². The van der Waals surface area contributed by atoms with E-state index in [4.69, 9.17) is 10.5 Å². The second-order valence-electron chi connectivity index (χ2n) is 4.39. The summed E-state index contributed by atoms with van der Waals surface area (Å²) in [6.07, 6.45) is 3.77. The highest BCUT2D eigenvalue weighted by molar-refractivity contribution is 5.31. The largest absolute Gasteiger partial charge is 0.497 e. The van der Waals surface area contributed by atoms with Gasteiger partial charge in [0.2, 0.25) is 0 Å². The standard InChI is InChI=1S/C13H19NO/c1-15-13-4-2-3-11(9-13)12-7-10(8-12)5-6-14/h2-4,9-10,12H,5-8,14H2,1H3. The first kappa shape index (κ1) is 10.5. The Morgan fingerprint density at radius 3 is 2.87 bits per heavy atom. The molecule has 0 heterocycles. The van der Waals surface area contributed by atoms with Gasteiger partial charge in [-0.05, 0) is 55.3 Å². The molecule has 2 nitrogen and oxygen atoms in total. The minimum absolute atomic E-state index is 0.733. The molecule has 1 fully saturated rings. The predicted octanol–water partition coefficient (Wildman–Crippen LogP) is 2.54. The van der Waals surface area contributed by atoms with Crippen LogP contribution in [0.15, 0.2) is 24.3 Å². The Morgan fingerprint density at radius 1 is 1.40 bits per heavy atom. The zero-order valence-corrected chi connectivity index (χ0v) is 9.28. The molecule has 2 heteroatoms. The van der Waals surface area contributed by atoms with Crippen LogP contribution in [0.2, 0.25) is 0 Å². The molecule has 0 aromatic heterocycles. The molecule has 0 atom stereocenters. The summed E-state index contributed by atoms with van der Waals surface area (Å²) in [4.78, 5) is 0. The van der Waals surface area contributed by atoms with Crippen LogP contribution in [0, 0.1) is 5.92 Å². The van der Waals surface area contributed by atoms with Gasteiger partial charge in [0.25, 0.3) is 0 Å². The topological polar surface area (TPSA) is 35.2 Å². The van der Waals surface area contributed by atoms with E-state index in [-0.39, 0.29) is 0 Å². The van der Waals surface area contributed by atoms with Crippen molar-refractivity contribution in [3.63, 3.8) is 0 Å². The molecule has 0 spiro atoms. The number of nitrogens with two attached hydrogens (primary N) is 1. The third-order valence-corrected chi connectivity index (χ3v) is 3.38. The Hall–Kier alpha value is -1.02. The zero-order chi connectivity index (χ0) is 10.7. The lowest BCUT2D eigenvalue weighted by Gasteiger charge is -2.35. The van der Waals surface area contributed by atoms with Gasteiger partial charge in [-0.15, -0.1) is 0 Å². The second-order valence-corrected chi connectivity index (χ2v) is 4.39. The molecule has 1 aromatic carbocycles. The first-order valence-electron chi connectivity index (χ1n) is 5.67. The van der Waals surface area contributed by atoms with Crippen LogP contribution in [-0.2, 0) is 0 Å². The molecular formula is C13H19NO. The molecule has 1 aliphatic rings. The van der Waals surface area contributed by atoms with E-state index in [0.717, 1.165) is 24.1 Å². The summed E-state index contributed by atoms with van der Waals surface area (Å²) in [5.74, 6) is 2.55. The third kappa shape index (κ3) is 2.32. The van der Waals surface area contributed by atoms with Crippen molar-refractivity contribution in [3.8, 4) is 5.75 Å². The van der Waals surface area contributed by atoms with E-state index in [1.807, 2.05) is 6.07 Å². The summed E-state index contributed by atoms with van der Waals surface area (Å²) < 4.78 is 5.23. The van der Waals surface area contributed by atoms with Gasteiger partial charge >= 0.3 is 0 Å². The van der Waals surface area contributed by atoms with Crippen LogP contribution in [0.25, 0.3) is 0 Å². The molecule has 0 amide bonds. The number of benzene rings is 1. The molecule has 0 aliphatic heterocycles. The molecule has 1 aromatic rings. The van der Waals surface area contributed by atoms with Crippen LogP contribution < -0.4 is 10.5 Å². The maximum absolute atomic E-state index is 5.55. The van der Waals surface area contributed by atoms with Crippen LogP contribution in [0.5, 0.6) is 5.75 Å². The van der Waals surface area contributed by atoms with Crippen LogP contribution >= 0.6 is 0 Å².